The number of aromatic nitrogens is 1. The third-order valence-electron chi connectivity index (χ3n) is 2.78. The van der Waals surface area contributed by atoms with Crippen LogP contribution in [0.25, 0.3) is 0 Å². The highest BCUT2D eigenvalue weighted by molar-refractivity contribution is 7.11. The van der Waals surface area contributed by atoms with Crippen LogP contribution in [0.2, 0.25) is 0 Å². The molecule has 0 bridgehead atoms. The Labute approximate surface area is 93.9 Å². The molecule has 0 aliphatic heterocycles. The molecule has 0 aromatic carbocycles. The average molecular weight is 227 g/mol. The van der Waals surface area contributed by atoms with Crippen molar-refractivity contribution >= 4 is 17.2 Å². The normalized spacial score (nSPS) is 11.4. The monoisotopic (exact) mass is 227 g/mol. The third-order valence-corrected chi connectivity index (χ3v) is 3.55. The van der Waals surface area contributed by atoms with E-state index in [-0.39, 0.29) is 11.4 Å². The van der Waals surface area contributed by atoms with Gasteiger partial charge in [0.05, 0.1) is 17.2 Å². The summed E-state index contributed by atoms with van der Waals surface area (Å²) in [6, 6.07) is 0. The van der Waals surface area contributed by atoms with Crippen LogP contribution in [0.15, 0.2) is 11.7 Å². The Morgan fingerprint density at radius 2 is 2.27 bits per heavy atom. The molecule has 0 saturated heterocycles. The number of carbonyl (C=O) groups is 1. The van der Waals surface area contributed by atoms with Gasteiger partial charge in [0.15, 0.2) is 0 Å². The average Bonchev–Trinajstić information content (AvgIpc) is 2.79. The second kappa shape index (κ2) is 5.23. The molecule has 1 heterocycles. The highest BCUT2D eigenvalue weighted by atomic mass is 32.1. The summed E-state index contributed by atoms with van der Waals surface area (Å²) in [7, 11) is 0. The maximum absolute atomic E-state index is 11.8. The fraction of sp³-hybridized carbons (Fsp3) is 0.600. The quantitative estimate of drug-likeness (QED) is 0.798. The van der Waals surface area contributed by atoms with Crippen LogP contribution < -0.4 is 11.1 Å². The number of hydrogen-bond acceptors (Lipinski definition) is 4. The SMILES string of the molecule is CCC(CC)(CN)NC(=O)c1cncs1. The molecule has 0 aliphatic rings. The van der Waals surface area contributed by atoms with Crippen molar-refractivity contribution in [1.82, 2.24) is 10.3 Å². The maximum Gasteiger partial charge on any atom is 0.263 e. The molecule has 0 saturated carbocycles. The summed E-state index contributed by atoms with van der Waals surface area (Å²) < 4.78 is 0. The minimum absolute atomic E-state index is 0.0772. The van der Waals surface area contributed by atoms with Gasteiger partial charge in [-0.2, -0.15) is 0 Å². The van der Waals surface area contributed by atoms with E-state index in [1.54, 1.807) is 11.7 Å². The zero-order valence-electron chi connectivity index (χ0n) is 9.12. The smallest absolute Gasteiger partial charge is 0.263 e. The molecule has 0 atom stereocenters. The van der Waals surface area contributed by atoms with E-state index in [1.807, 2.05) is 13.8 Å². The molecule has 0 radical (unpaired) electrons. The van der Waals surface area contributed by atoms with E-state index in [2.05, 4.69) is 10.3 Å². The fourth-order valence-corrected chi connectivity index (χ4v) is 1.91. The van der Waals surface area contributed by atoms with Crippen LogP contribution in [0.4, 0.5) is 0 Å². The van der Waals surface area contributed by atoms with Crippen LogP contribution in [0.5, 0.6) is 0 Å². The minimum atomic E-state index is -0.277. The third kappa shape index (κ3) is 2.76. The number of rotatable bonds is 5. The summed E-state index contributed by atoms with van der Waals surface area (Å²) in [6.45, 7) is 4.52. The number of nitrogens with one attached hydrogen (secondary N) is 1. The first-order chi connectivity index (χ1) is 7.17. The van der Waals surface area contributed by atoms with Crippen molar-refractivity contribution in [3.63, 3.8) is 0 Å². The van der Waals surface area contributed by atoms with Crippen LogP contribution >= 0.6 is 11.3 Å². The predicted octanol–water partition coefficient (Wildman–Crippen LogP) is 1.39. The van der Waals surface area contributed by atoms with E-state index in [1.165, 1.54) is 11.3 Å². The number of hydrogen-bond donors (Lipinski definition) is 2. The molecule has 5 heteroatoms. The van der Waals surface area contributed by atoms with Gasteiger partial charge in [-0.25, -0.2) is 0 Å². The van der Waals surface area contributed by atoms with Crippen LogP contribution in [0, 0.1) is 0 Å². The lowest BCUT2D eigenvalue weighted by molar-refractivity contribution is 0.0899. The number of amides is 1. The first kappa shape index (κ1) is 12.1. The Morgan fingerprint density at radius 3 is 2.67 bits per heavy atom. The minimum Gasteiger partial charge on any atom is -0.345 e. The molecule has 1 amide bonds. The van der Waals surface area contributed by atoms with Crippen molar-refractivity contribution < 1.29 is 4.79 Å². The van der Waals surface area contributed by atoms with Crippen molar-refractivity contribution in [2.45, 2.75) is 32.2 Å². The lowest BCUT2D eigenvalue weighted by atomic mass is 9.93. The van der Waals surface area contributed by atoms with Crippen molar-refractivity contribution in [2.75, 3.05) is 6.54 Å². The van der Waals surface area contributed by atoms with E-state index in [0.29, 0.717) is 11.4 Å². The molecule has 15 heavy (non-hydrogen) atoms. The van der Waals surface area contributed by atoms with Crippen LogP contribution in [-0.2, 0) is 0 Å². The highest BCUT2D eigenvalue weighted by Crippen LogP contribution is 2.15. The summed E-state index contributed by atoms with van der Waals surface area (Å²) >= 11 is 1.34. The first-order valence-corrected chi connectivity index (χ1v) is 5.96. The molecule has 0 unspecified atom stereocenters. The number of thiazole rings is 1. The first-order valence-electron chi connectivity index (χ1n) is 5.08. The summed E-state index contributed by atoms with van der Waals surface area (Å²) in [4.78, 5) is 16.3. The zero-order valence-corrected chi connectivity index (χ0v) is 9.93. The number of nitrogens with two attached hydrogens (primary N) is 1. The summed E-state index contributed by atoms with van der Waals surface area (Å²) in [5.41, 5.74) is 7.08. The Kier molecular flexibility index (Phi) is 4.23. The van der Waals surface area contributed by atoms with Crippen molar-refractivity contribution in [3.05, 3.63) is 16.6 Å². The summed E-state index contributed by atoms with van der Waals surface area (Å²) in [5.74, 6) is -0.0772. The van der Waals surface area contributed by atoms with Crippen molar-refractivity contribution in [3.8, 4) is 0 Å². The van der Waals surface area contributed by atoms with Gasteiger partial charge in [0, 0.05) is 6.54 Å². The lowest BCUT2D eigenvalue weighted by Gasteiger charge is -2.31. The Bertz CT molecular complexity index is 298. The van der Waals surface area contributed by atoms with E-state index >= 15 is 0 Å². The van der Waals surface area contributed by atoms with E-state index < -0.39 is 0 Å². The molecule has 1 aromatic heterocycles. The largest absolute Gasteiger partial charge is 0.345 e. The van der Waals surface area contributed by atoms with E-state index in [4.69, 9.17) is 5.73 Å². The van der Waals surface area contributed by atoms with Gasteiger partial charge in [-0.15, -0.1) is 11.3 Å². The zero-order chi connectivity index (χ0) is 11.3. The van der Waals surface area contributed by atoms with Gasteiger partial charge in [0.25, 0.3) is 5.91 Å². The number of carbonyl (C=O) groups excluding carboxylic acids is 1. The molecular formula is C10H17N3OS. The van der Waals surface area contributed by atoms with Gasteiger partial charge < -0.3 is 11.1 Å². The van der Waals surface area contributed by atoms with Gasteiger partial charge in [-0.1, -0.05) is 13.8 Å². The van der Waals surface area contributed by atoms with Crippen LogP contribution in [0.3, 0.4) is 0 Å². The Morgan fingerprint density at radius 1 is 1.60 bits per heavy atom. The van der Waals surface area contributed by atoms with Gasteiger partial charge in [0.1, 0.15) is 4.88 Å². The van der Waals surface area contributed by atoms with Gasteiger partial charge >= 0.3 is 0 Å². The maximum atomic E-state index is 11.8. The van der Waals surface area contributed by atoms with E-state index in [9.17, 15) is 4.79 Å². The van der Waals surface area contributed by atoms with Crippen molar-refractivity contribution in [2.24, 2.45) is 5.73 Å². The van der Waals surface area contributed by atoms with Gasteiger partial charge in [-0.05, 0) is 12.8 Å². The second-order valence-corrected chi connectivity index (χ2v) is 4.40. The standard InChI is InChI=1S/C10H17N3OS/c1-3-10(4-2,6-11)13-9(14)8-5-12-7-15-8/h5,7H,3-4,6,11H2,1-2H3,(H,13,14). The molecule has 1 aromatic rings. The van der Waals surface area contributed by atoms with Gasteiger partial charge in [0.2, 0.25) is 0 Å². The molecule has 4 nitrogen and oxygen atoms in total. The lowest BCUT2D eigenvalue weighted by Crippen LogP contribution is -2.52. The molecule has 0 aliphatic carbocycles. The molecule has 84 valence electrons. The fourth-order valence-electron chi connectivity index (χ4n) is 1.40. The predicted molar refractivity (Wildman–Crippen MR) is 61.9 cm³/mol. The Balaban J connectivity index is 2.71. The van der Waals surface area contributed by atoms with E-state index in [0.717, 1.165) is 12.8 Å². The second-order valence-electron chi connectivity index (χ2n) is 3.51. The Hall–Kier alpha value is -0.940. The van der Waals surface area contributed by atoms with Crippen LogP contribution in [0.1, 0.15) is 36.4 Å². The summed E-state index contributed by atoms with van der Waals surface area (Å²) in [6.07, 6.45) is 3.25. The highest BCUT2D eigenvalue weighted by Gasteiger charge is 2.27. The topological polar surface area (TPSA) is 68.0 Å². The molecule has 0 spiro atoms. The summed E-state index contributed by atoms with van der Waals surface area (Å²) in [5, 5.41) is 2.99. The molecule has 1 rings (SSSR count). The molecular weight excluding hydrogens is 210 g/mol. The van der Waals surface area contributed by atoms with Crippen LogP contribution in [-0.4, -0.2) is 23.0 Å². The van der Waals surface area contributed by atoms with Crippen molar-refractivity contribution in [1.29, 1.82) is 0 Å². The van der Waals surface area contributed by atoms with Gasteiger partial charge in [-0.3, -0.25) is 9.78 Å². The number of nitrogens with zero attached hydrogens (tertiary/aromatic N) is 1. The molecule has 3 N–H and O–H groups in total. The molecule has 0 fully saturated rings.